The number of anilines is 1. The molecule has 5 heteroatoms. The van der Waals surface area contributed by atoms with Crippen LogP contribution in [0.1, 0.15) is 49.0 Å². The van der Waals surface area contributed by atoms with Gasteiger partial charge in [0, 0.05) is 37.4 Å². The molecule has 3 rings (SSSR count). The van der Waals surface area contributed by atoms with Crippen molar-refractivity contribution in [1.29, 1.82) is 0 Å². The summed E-state index contributed by atoms with van der Waals surface area (Å²) in [5.74, 6) is 1.30. The topological polar surface area (TPSA) is 49.9 Å². The molecular formula is C24H30N2O3. The predicted octanol–water partition coefficient (Wildman–Crippen LogP) is 4.13. The zero-order valence-electron chi connectivity index (χ0n) is 17.6. The highest BCUT2D eigenvalue weighted by atomic mass is 16.5. The fourth-order valence-corrected chi connectivity index (χ4v) is 3.59. The second kappa shape index (κ2) is 9.59. The number of ether oxygens (including phenoxy) is 1. The number of hydrogen-bond acceptors (Lipinski definition) is 4. The third kappa shape index (κ3) is 5.17. The fourth-order valence-electron chi connectivity index (χ4n) is 3.59. The molecule has 1 aliphatic rings. The monoisotopic (exact) mass is 394 g/mol. The molecule has 0 radical (unpaired) electrons. The van der Waals surface area contributed by atoms with E-state index in [1.807, 2.05) is 47.4 Å². The molecule has 1 heterocycles. The summed E-state index contributed by atoms with van der Waals surface area (Å²) in [5.41, 5.74) is 2.96. The van der Waals surface area contributed by atoms with Gasteiger partial charge in [0.05, 0.1) is 0 Å². The van der Waals surface area contributed by atoms with Crippen LogP contribution in [0.25, 0.3) is 0 Å². The minimum atomic E-state index is 0.0236. The summed E-state index contributed by atoms with van der Waals surface area (Å²) < 4.78 is 5.89. The van der Waals surface area contributed by atoms with Gasteiger partial charge in [0.25, 0.3) is 5.91 Å². The quantitative estimate of drug-likeness (QED) is 0.663. The highest BCUT2D eigenvalue weighted by molar-refractivity contribution is 5.94. The van der Waals surface area contributed by atoms with Crippen LogP contribution in [0, 0.1) is 0 Å². The number of para-hydroxylation sites is 1. The molecule has 0 saturated carbocycles. The molecule has 5 nitrogen and oxygen atoms in total. The molecule has 2 aromatic rings. The van der Waals surface area contributed by atoms with Gasteiger partial charge in [-0.1, -0.05) is 32.0 Å². The van der Waals surface area contributed by atoms with Crippen LogP contribution in [0.15, 0.2) is 48.5 Å². The number of piperazine rings is 1. The molecule has 154 valence electrons. The van der Waals surface area contributed by atoms with Gasteiger partial charge in [-0.2, -0.15) is 0 Å². The van der Waals surface area contributed by atoms with E-state index < -0.39 is 0 Å². The van der Waals surface area contributed by atoms with Crippen LogP contribution in [-0.4, -0.2) is 49.4 Å². The number of amides is 1. The molecule has 0 N–H and O–H groups in total. The molecule has 0 spiro atoms. The van der Waals surface area contributed by atoms with Crippen LogP contribution >= 0.6 is 0 Å². The van der Waals surface area contributed by atoms with Gasteiger partial charge in [-0.15, -0.1) is 0 Å². The van der Waals surface area contributed by atoms with E-state index in [9.17, 15) is 9.59 Å². The Morgan fingerprint density at radius 2 is 1.66 bits per heavy atom. The summed E-state index contributed by atoms with van der Waals surface area (Å²) in [4.78, 5) is 28.2. The van der Waals surface area contributed by atoms with Gasteiger partial charge in [-0.3, -0.25) is 9.59 Å². The van der Waals surface area contributed by atoms with Crippen LogP contribution in [0.4, 0.5) is 5.69 Å². The SMILES string of the molecule is CC[C@@H](C)c1ccccc1OCC(=O)N1CCN(c2ccc(C(C)=O)cc2)CC1. The number of carbonyl (C=O) groups is 2. The van der Waals surface area contributed by atoms with Crippen LogP contribution in [0.2, 0.25) is 0 Å². The zero-order valence-corrected chi connectivity index (χ0v) is 17.6. The Bertz CT molecular complexity index is 839. The molecule has 0 bridgehead atoms. The number of carbonyl (C=O) groups excluding carboxylic acids is 2. The lowest BCUT2D eigenvalue weighted by Crippen LogP contribution is -2.50. The third-order valence-electron chi connectivity index (χ3n) is 5.68. The number of nitrogens with zero attached hydrogens (tertiary/aromatic N) is 2. The Balaban J connectivity index is 1.52. The molecule has 0 unspecified atom stereocenters. The van der Waals surface area contributed by atoms with E-state index in [2.05, 4.69) is 24.8 Å². The summed E-state index contributed by atoms with van der Waals surface area (Å²) >= 11 is 0. The van der Waals surface area contributed by atoms with Crippen molar-refractivity contribution in [2.45, 2.75) is 33.1 Å². The maximum atomic E-state index is 12.6. The Morgan fingerprint density at radius 1 is 1.00 bits per heavy atom. The van der Waals surface area contributed by atoms with Crippen molar-refractivity contribution in [3.8, 4) is 5.75 Å². The van der Waals surface area contributed by atoms with Crippen molar-refractivity contribution in [3.05, 3.63) is 59.7 Å². The second-order valence-corrected chi connectivity index (χ2v) is 7.61. The molecule has 1 fully saturated rings. The Hall–Kier alpha value is -2.82. The normalized spacial score (nSPS) is 15.1. The molecule has 2 aromatic carbocycles. The van der Waals surface area contributed by atoms with Crippen LogP contribution in [0.3, 0.4) is 0 Å². The van der Waals surface area contributed by atoms with Crippen molar-refractivity contribution in [3.63, 3.8) is 0 Å². The summed E-state index contributed by atoms with van der Waals surface area (Å²) in [7, 11) is 0. The first-order valence-electron chi connectivity index (χ1n) is 10.3. The Morgan fingerprint density at radius 3 is 2.28 bits per heavy atom. The smallest absolute Gasteiger partial charge is 0.260 e. The number of rotatable bonds is 7. The Kier molecular flexibility index (Phi) is 6.91. The average molecular weight is 395 g/mol. The number of ketones is 1. The second-order valence-electron chi connectivity index (χ2n) is 7.61. The van der Waals surface area contributed by atoms with Gasteiger partial charge in [0.2, 0.25) is 0 Å². The largest absolute Gasteiger partial charge is 0.483 e. The first kappa shape index (κ1) is 20.9. The number of hydrogen-bond donors (Lipinski definition) is 0. The van der Waals surface area contributed by atoms with Crippen molar-refractivity contribution < 1.29 is 14.3 Å². The third-order valence-corrected chi connectivity index (χ3v) is 5.68. The van der Waals surface area contributed by atoms with Crippen LogP contribution in [-0.2, 0) is 4.79 Å². The van der Waals surface area contributed by atoms with E-state index in [1.165, 1.54) is 0 Å². The van der Waals surface area contributed by atoms with E-state index >= 15 is 0 Å². The first-order valence-corrected chi connectivity index (χ1v) is 10.3. The predicted molar refractivity (Wildman–Crippen MR) is 116 cm³/mol. The van der Waals surface area contributed by atoms with Crippen molar-refractivity contribution >= 4 is 17.4 Å². The highest BCUT2D eigenvalue weighted by Gasteiger charge is 2.22. The van der Waals surface area contributed by atoms with E-state index in [0.717, 1.165) is 42.1 Å². The maximum absolute atomic E-state index is 12.6. The maximum Gasteiger partial charge on any atom is 0.260 e. The lowest BCUT2D eigenvalue weighted by atomic mass is 9.98. The van der Waals surface area contributed by atoms with Crippen molar-refractivity contribution in [2.24, 2.45) is 0 Å². The van der Waals surface area contributed by atoms with E-state index in [-0.39, 0.29) is 18.3 Å². The molecule has 0 aromatic heterocycles. The van der Waals surface area contributed by atoms with Gasteiger partial charge < -0.3 is 14.5 Å². The number of Topliss-reactive ketones (excluding diaryl/α,β-unsaturated/α-hetero) is 1. The van der Waals surface area contributed by atoms with Crippen molar-refractivity contribution in [2.75, 3.05) is 37.7 Å². The first-order chi connectivity index (χ1) is 14.0. The lowest BCUT2D eigenvalue weighted by Gasteiger charge is -2.36. The van der Waals surface area contributed by atoms with Gasteiger partial charge in [-0.05, 0) is 55.2 Å². The van der Waals surface area contributed by atoms with E-state index in [4.69, 9.17) is 4.74 Å². The number of benzene rings is 2. The lowest BCUT2D eigenvalue weighted by molar-refractivity contribution is -0.133. The van der Waals surface area contributed by atoms with E-state index in [1.54, 1.807) is 6.92 Å². The Labute approximate surface area is 173 Å². The summed E-state index contributed by atoms with van der Waals surface area (Å²) in [6, 6.07) is 15.6. The summed E-state index contributed by atoms with van der Waals surface area (Å²) in [6.07, 6.45) is 1.03. The molecular weight excluding hydrogens is 364 g/mol. The highest BCUT2D eigenvalue weighted by Crippen LogP contribution is 2.28. The molecule has 1 aliphatic heterocycles. The molecule has 1 atom stereocenters. The van der Waals surface area contributed by atoms with Crippen molar-refractivity contribution in [1.82, 2.24) is 4.90 Å². The van der Waals surface area contributed by atoms with Crippen LogP contribution in [0.5, 0.6) is 5.75 Å². The minimum Gasteiger partial charge on any atom is -0.483 e. The van der Waals surface area contributed by atoms with Crippen LogP contribution < -0.4 is 9.64 Å². The fraction of sp³-hybridized carbons (Fsp3) is 0.417. The van der Waals surface area contributed by atoms with Gasteiger partial charge in [-0.25, -0.2) is 0 Å². The van der Waals surface area contributed by atoms with Gasteiger partial charge in [0.15, 0.2) is 12.4 Å². The minimum absolute atomic E-state index is 0.0236. The van der Waals surface area contributed by atoms with Gasteiger partial charge >= 0.3 is 0 Å². The molecule has 1 amide bonds. The summed E-state index contributed by atoms with van der Waals surface area (Å²) in [5, 5.41) is 0. The zero-order chi connectivity index (χ0) is 20.8. The molecule has 1 saturated heterocycles. The molecule has 0 aliphatic carbocycles. The standard InChI is InChI=1S/C24H30N2O3/c1-4-18(2)22-7-5-6-8-23(22)29-17-24(28)26-15-13-25(14-16-26)21-11-9-20(10-12-21)19(3)27/h5-12,18H,4,13-17H2,1-3H3/t18-/m1/s1. The van der Waals surface area contributed by atoms with E-state index in [0.29, 0.717) is 19.0 Å². The van der Waals surface area contributed by atoms with Gasteiger partial charge in [0.1, 0.15) is 5.75 Å². The summed E-state index contributed by atoms with van der Waals surface area (Å²) in [6.45, 7) is 8.85. The average Bonchev–Trinajstić information content (AvgIpc) is 2.77. The molecule has 29 heavy (non-hydrogen) atoms.